The molecule has 0 atom stereocenters. The van der Waals surface area contributed by atoms with Gasteiger partial charge in [-0.25, -0.2) is 9.78 Å². The first-order valence-electron chi connectivity index (χ1n) is 11.0. The van der Waals surface area contributed by atoms with Crippen molar-refractivity contribution < 1.29 is 31.7 Å². The number of nitrogens with zero attached hydrogens (tertiary/aromatic N) is 2. The van der Waals surface area contributed by atoms with E-state index in [-0.39, 0.29) is 30.8 Å². The number of rotatable bonds is 10. The zero-order valence-electron chi connectivity index (χ0n) is 18.9. The molecule has 0 amide bonds. The largest absolute Gasteiger partial charge is 0.481 e. The van der Waals surface area contributed by atoms with E-state index in [0.717, 1.165) is 5.56 Å². The Morgan fingerprint density at radius 2 is 1.80 bits per heavy atom. The highest BCUT2D eigenvalue weighted by molar-refractivity contribution is 7.85. The maximum absolute atomic E-state index is 12.7. The highest BCUT2D eigenvalue weighted by Crippen LogP contribution is 2.27. The monoisotopic (exact) mass is 500 g/mol. The predicted molar refractivity (Wildman–Crippen MR) is 130 cm³/mol. The summed E-state index contributed by atoms with van der Waals surface area (Å²) in [5, 5.41) is 9.57. The molecule has 2 aromatic heterocycles. The molecule has 10 nitrogen and oxygen atoms in total. The first-order chi connectivity index (χ1) is 16.6. The third-order valence-electron chi connectivity index (χ3n) is 5.51. The van der Waals surface area contributed by atoms with Crippen LogP contribution >= 0.6 is 0 Å². The van der Waals surface area contributed by atoms with E-state index in [1.165, 1.54) is 0 Å². The van der Waals surface area contributed by atoms with Crippen molar-refractivity contribution in [1.29, 1.82) is 0 Å². The normalized spacial score (nSPS) is 11.8. The third kappa shape index (κ3) is 6.06. The molecule has 11 heteroatoms. The molecular weight excluding hydrogens is 476 g/mol. The van der Waals surface area contributed by atoms with Crippen molar-refractivity contribution in [2.45, 2.75) is 26.2 Å². The van der Waals surface area contributed by atoms with Crippen molar-refractivity contribution >= 4 is 43.8 Å². The van der Waals surface area contributed by atoms with Gasteiger partial charge in [0.15, 0.2) is 5.58 Å². The molecule has 0 radical (unpaired) electrons. The molecule has 0 aliphatic heterocycles. The lowest BCUT2D eigenvalue weighted by Crippen LogP contribution is -2.27. The van der Waals surface area contributed by atoms with E-state index in [2.05, 4.69) is 4.98 Å². The molecule has 0 aliphatic carbocycles. The smallest absolute Gasteiger partial charge is 0.349 e. The van der Waals surface area contributed by atoms with E-state index in [9.17, 15) is 18.0 Å². The van der Waals surface area contributed by atoms with E-state index in [4.69, 9.17) is 18.5 Å². The van der Waals surface area contributed by atoms with Crippen LogP contribution in [0.4, 0.5) is 5.69 Å². The zero-order valence-corrected chi connectivity index (χ0v) is 19.7. The summed E-state index contributed by atoms with van der Waals surface area (Å²) in [5.41, 5.74) is 2.70. The number of aromatic nitrogens is 1. The van der Waals surface area contributed by atoms with Gasteiger partial charge in [0.1, 0.15) is 16.7 Å². The number of anilines is 1. The number of aliphatic carboxylic acids is 1. The number of carboxylic acid groups (broad SMARTS) is 1. The van der Waals surface area contributed by atoms with Gasteiger partial charge in [-0.15, -0.1) is 0 Å². The van der Waals surface area contributed by atoms with Crippen molar-refractivity contribution in [1.82, 2.24) is 4.98 Å². The minimum atomic E-state index is -4.12. The van der Waals surface area contributed by atoms with Crippen LogP contribution in [-0.2, 0) is 14.9 Å². The Kier molecular flexibility index (Phi) is 6.90. The average molecular weight is 501 g/mol. The molecule has 4 aromatic rings. The second kappa shape index (κ2) is 9.88. The highest BCUT2D eigenvalue weighted by Gasteiger charge is 2.16. The lowest BCUT2D eigenvalue weighted by atomic mass is 10.1. The van der Waals surface area contributed by atoms with Crippen LogP contribution < -0.4 is 10.5 Å². The van der Waals surface area contributed by atoms with Gasteiger partial charge in [-0.1, -0.05) is 6.07 Å². The lowest BCUT2D eigenvalue weighted by molar-refractivity contribution is -0.137. The summed E-state index contributed by atoms with van der Waals surface area (Å²) < 4.78 is 42.5. The van der Waals surface area contributed by atoms with Crippen LogP contribution in [0, 0.1) is 6.92 Å². The summed E-state index contributed by atoms with van der Waals surface area (Å²) in [6.45, 7) is 2.53. The number of fused-ring (bicyclic) bond motifs is 2. The molecule has 35 heavy (non-hydrogen) atoms. The van der Waals surface area contributed by atoms with Gasteiger partial charge in [0, 0.05) is 36.7 Å². The Morgan fingerprint density at radius 1 is 1.03 bits per heavy atom. The molecule has 4 rings (SSSR count). The summed E-state index contributed by atoms with van der Waals surface area (Å²) in [6.07, 6.45) is 0.425. The Bertz CT molecular complexity index is 1560. The SMILES string of the molecule is Cc1ccc2nc(-c3cc4ccc(N(CCCC(=O)O)CCCS(=O)(=O)O)cc4oc3=O)oc2c1. The minimum Gasteiger partial charge on any atom is -0.481 e. The van der Waals surface area contributed by atoms with Crippen LogP contribution in [0.3, 0.4) is 0 Å². The second-order valence-electron chi connectivity index (χ2n) is 8.28. The number of hydrogen-bond acceptors (Lipinski definition) is 8. The summed E-state index contributed by atoms with van der Waals surface area (Å²) in [7, 11) is -4.12. The predicted octanol–water partition coefficient (Wildman–Crippen LogP) is 3.86. The molecule has 0 saturated carbocycles. The van der Waals surface area contributed by atoms with E-state index < -0.39 is 27.5 Å². The van der Waals surface area contributed by atoms with Crippen molar-refractivity contribution in [3.63, 3.8) is 0 Å². The van der Waals surface area contributed by atoms with Gasteiger partial charge < -0.3 is 18.8 Å². The van der Waals surface area contributed by atoms with Crippen LogP contribution in [0.15, 0.2) is 56.1 Å². The maximum atomic E-state index is 12.7. The molecule has 0 aliphatic rings. The Hall–Kier alpha value is -3.70. The molecule has 0 bridgehead atoms. The molecule has 0 saturated heterocycles. The fourth-order valence-corrected chi connectivity index (χ4v) is 4.32. The fourth-order valence-electron chi connectivity index (χ4n) is 3.82. The number of benzene rings is 2. The number of carbonyl (C=O) groups is 1. The Balaban J connectivity index is 1.64. The van der Waals surface area contributed by atoms with Gasteiger partial charge in [-0.2, -0.15) is 8.42 Å². The summed E-state index contributed by atoms with van der Waals surface area (Å²) >= 11 is 0. The van der Waals surface area contributed by atoms with Gasteiger partial charge >= 0.3 is 11.6 Å². The van der Waals surface area contributed by atoms with Crippen LogP contribution in [0.1, 0.15) is 24.8 Å². The van der Waals surface area contributed by atoms with E-state index in [1.54, 1.807) is 29.2 Å². The molecule has 0 unspecified atom stereocenters. The van der Waals surface area contributed by atoms with Crippen molar-refractivity contribution in [2.24, 2.45) is 0 Å². The summed E-state index contributed by atoms with van der Waals surface area (Å²) in [5.74, 6) is -1.20. The van der Waals surface area contributed by atoms with Crippen molar-refractivity contribution in [2.75, 3.05) is 23.7 Å². The van der Waals surface area contributed by atoms with E-state index in [1.807, 2.05) is 25.1 Å². The van der Waals surface area contributed by atoms with Crippen LogP contribution in [0.5, 0.6) is 0 Å². The van der Waals surface area contributed by atoms with E-state index in [0.29, 0.717) is 40.7 Å². The van der Waals surface area contributed by atoms with Crippen molar-refractivity contribution in [3.8, 4) is 11.5 Å². The molecular formula is C24H24N2O8S. The van der Waals surface area contributed by atoms with Crippen LogP contribution in [-0.4, -0.2) is 47.9 Å². The van der Waals surface area contributed by atoms with Crippen LogP contribution in [0.2, 0.25) is 0 Å². The maximum Gasteiger partial charge on any atom is 0.349 e. The Labute approximate surface area is 200 Å². The first-order valence-corrected chi connectivity index (χ1v) is 12.6. The molecule has 0 fully saturated rings. The molecule has 0 spiro atoms. The molecule has 184 valence electrons. The summed E-state index contributed by atoms with van der Waals surface area (Å²) in [4.78, 5) is 29.8. The lowest BCUT2D eigenvalue weighted by Gasteiger charge is -2.24. The fraction of sp³-hybridized carbons (Fsp3) is 0.292. The second-order valence-corrected chi connectivity index (χ2v) is 9.86. The first kappa shape index (κ1) is 24.4. The number of carboxylic acids is 1. The minimum absolute atomic E-state index is 0.0507. The Morgan fingerprint density at radius 3 is 2.54 bits per heavy atom. The summed E-state index contributed by atoms with van der Waals surface area (Å²) in [6, 6.07) is 12.3. The van der Waals surface area contributed by atoms with Gasteiger partial charge in [-0.3, -0.25) is 9.35 Å². The van der Waals surface area contributed by atoms with Gasteiger partial charge in [0.2, 0.25) is 5.89 Å². The van der Waals surface area contributed by atoms with E-state index >= 15 is 0 Å². The third-order valence-corrected chi connectivity index (χ3v) is 6.31. The molecule has 2 aromatic carbocycles. The highest BCUT2D eigenvalue weighted by atomic mass is 32.2. The van der Waals surface area contributed by atoms with Gasteiger partial charge in [-0.05, 0) is 55.7 Å². The number of oxazole rings is 1. The zero-order chi connectivity index (χ0) is 25.2. The van der Waals surface area contributed by atoms with Crippen molar-refractivity contribution in [3.05, 3.63) is 58.4 Å². The van der Waals surface area contributed by atoms with Gasteiger partial charge in [0.25, 0.3) is 10.1 Å². The number of aryl methyl sites for hydroxylation is 1. The molecule has 2 heterocycles. The average Bonchev–Trinajstić information content (AvgIpc) is 3.19. The molecule has 2 N–H and O–H groups in total. The van der Waals surface area contributed by atoms with Crippen LogP contribution in [0.25, 0.3) is 33.5 Å². The quantitative estimate of drug-likeness (QED) is 0.242. The van der Waals surface area contributed by atoms with Gasteiger partial charge in [0.05, 0.1) is 5.75 Å². The number of hydrogen-bond donors (Lipinski definition) is 2. The topological polar surface area (TPSA) is 151 Å². The standard InChI is InChI=1S/C24H24N2O8S/c1-15-5-8-19-21(12-15)33-23(25-19)18-13-16-6-7-17(14-20(16)34-24(18)29)26(9-2-4-22(27)28)10-3-11-35(30,31)32/h5-8,12-14H,2-4,9-11H2,1H3,(H,27,28)(H,30,31,32).